The van der Waals surface area contributed by atoms with Gasteiger partial charge >= 0.3 is 13.1 Å². The van der Waals surface area contributed by atoms with Gasteiger partial charge in [0.05, 0.1) is 11.2 Å². The van der Waals surface area contributed by atoms with E-state index in [1.165, 1.54) is 12.1 Å². The lowest BCUT2D eigenvalue weighted by Crippen LogP contribution is -2.48. The molecule has 1 aliphatic heterocycles. The molecule has 0 aromatic heterocycles. The zero-order valence-electron chi connectivity index (χ0n) is 18.9. The van der Waals surface area contributed by atoms with Crippen LogP contribution in [-0.2, 0) is 18.9 Å². The van der Waals surface area contributed by atoms with E-state index in [9.17, 15) is 18.8 Å². The van der Waals surface area contributed by atoms with Crippen LogP contribution in [0.3, 0.4) is 0 Å². The van der Waals surface area contributed by atoms with E-state index in [4.69, 9.17) is 20.1 Å². The van der Waals surface area contributed by atoms with Crippen molar-refractivity contribution in [2.45, 2.75) is 64.2 Å². The molecule has 1 aromatic carbocycles. The normalized spacial score (nSPS) is 17.6. The third kappa shape index (κ3) is 6.27. The van der Waals surface area contributed by atoms with Gasteiger partial charge in [-0.15, -0.1) is 0 Å². The van der Waals surface area contributed by atoms with Gasteiger partial charge in [0.2, 0.25) is 5.91 Å². The van der Waals surface area contributed by atoms with Crippen LogP contribution in [-0.4, -0.2) is 60.3 Å². The number of nitrogens with one attached hydrogen (secondary N) is 2. The van der Waals surface area contributed by atoms with Crippen molar-refractivity contribution in [3.05, 3.63) is 29.6 Å². The Bertz CT molecular complexity index is 848. The number of aliphatic carboxylic acids is 1. The van der Waals surface area contributed by atoms with Gasteiger partial charge in [0.25, 0.3) is 5.91 Å². The Morgan fingerprint density at radius 3 is 2.31 bits per heavy atom. The SMILES string of the molecule is CC1(C)OB(c2ccc(C(=O)N[C@@H](CCCCN)C(=O)NCC(=O)O)cc2F)OC1(C)C. The van der Waals surface area contributed by atoms with E-state index >= 15 is 0 Å². The van der Waals surface area contributed by atoms with Crippen LogP contribution < -0.4 is 21.8 Å². The first-order chi connectivity index (χ1) is 14.9. The summed E-state index contributed by atoms with van der Waals surface area (Å²) in [5, 5.41) is 13.5. The largest absolute Gasteiger partial charge is 0.497 e. The molecule has 0 radical (unpaired) electrons. The molecule has 0 spiro atoms. The Balaban J connectivity index is 2.12. The molecule has 176 valence electrons. The lowest BCUT2D eigenvalue weighted by atomic mass is 9.78. The van der Waals surface area contributed by atoms with Gasteiger partial charge in [-0.05, 0) is 65.6 Å². The van der Waals surface area contributed by atoms with Crippen molar-refractivity contribution in [2.75, 3.05) is 13.1 Å². The molecule has 2 rings (SSSR count). The predicted molar refractivity (Wildman–Crippen MR) is 117 cm³/mol. The van der Waals surface area contributed by atoms with Crippen molar-refractivity contribution in [1.82, 2.24) is 10.6 Å². The number of benzene rings is 1. The maximum Gasteiger partial charge on any atom is 0.497 e. The smallest absolute Gasteiger partial charge is 0.480 e. The van der Waals surface area contributed by atoms with E-state index in [1.54, 1.807) is 0 Å². The van der Waals surface area contributed by atoms with Gasteiger partial charge in [-0.2, -0.15) is 0 Å². The van der Waals surface area contributed by atoms with Gasteiger partial charge in [-0.1, -0.05) is 6.07 Å². The van der Waals surface area contributed by atoms with Crippen molar-refractivity contribution in [1.29, 1.82) is 0 Å². The van der Waals surface area contributed by atoms with Gasteiger partial charge in [0.15, 0.2) is 0 Å². The third-order valence-corrected chi connectivity index (χ3v) is 5.75. The number of nitrogens with two attached hydrogens (primary N) is 1. The van der Waals surface area contributed by atoms with Crippen molar-refractivity contribution in [3.63, 3.8) is 0 Å². The standard InChI is InChI=1S/C21H31BFN3O6/c1-20(2)21(3,4)32-22(31-20)14-9-8-13(11-15(14)23)18(29)26-16(7-5-6-10-24)19(30)25-12-17(27)28/h8-9,11,16H,5-7,10,12,24H2,1-4H3,(H,25,30)(H,26,29)(H,27,28)/t16-/m0/s1. The van der Waals surface area contributed by atoms with Crippen molar-refractivity contribution >= 4 is 30.4 Å². The highest BCUT2D eigenvalue weighted by Gasteiger charge is 2.52. The molecule has 11 heteroatoms. The summed E-state index contributed by atoms with van der Waals surface area (Å²) >= 11 is 0. The van der Waals surface area contributed by atoms with Crippen molar-refractivity contribution in [2.24, 2.45) is 5.73 Å². The summed E-state index contributed by atoms with van der Waals surface area (Å²) in [4.78, 5) is 35.7. The molecule has 9 nitrogen and oxygen atoms in total. The van der Waals surface area contributed by atoms with Crippen LogP contribution >= 0.6 is 0 Å². The second kappa shape index (κ2) is 10.4. The Labute approximate surface area is 187 Å². The second-order valence-electron chi connectivity index (χ2n) is 8.75. The van der Waals surface area contributed by atoms with E-state index in [0.29, 0.717) is 19.4 Å². The van der Waals surface area contributed by atoms with Crippen LogP contribution in [0.1, 0.15) is 57.3 Å². The van der Waals surface area contributed by atoms with Crippen LogP contribution in [0.25, 0.3) is 0 Å². The van der Waals surface area contributed by atoms with Crippen LogP contribution in [0.2, 0.25) is 0 Å². The molecule has 0 aliphatic carbocycles. The summed E-state index contributed by atoms with van der Waals surface area (Å²) in [7, 11) is -0.914. The number of hydrogen-bond acceptors (Lipinski definition) is 6. The molecule has 1 saturated heterocycles. The third-order valence-electron chi connectivity index (χ3n) is 5.75. The minimum absolute atomic E-state index is 0.0117. The van der Waals surface area contributed by atoms with E-state index in [0.717, 1.165) is 6.07 Å². The molecule has 1 atom stereocenters. The van der Waals surface area contributed by atoms with E-state index in [2.05, 4.69) is 10.6 Å². The lowest BCUT2D eigenvalue weighted by molar-refractivity contribution is -0.138. The van der Waals surface area contributed by atoms with E-state index in [-0.39, 0.29) is 17.4 Å². The Kier molecular flexibility index (Phi) is 8.38. The molecule has 1 aliphatic rings. The van der Waals surface area contributed by atoms with E-state index in [1.807, 2.05) is 27.7 Å². The maximum absolute atomic E-state index is 14.8. The fourth-order valence-corrected chi connectivity index (χ4v) is 3.12. The van der Waals surface area contributed by atoms with Gasteiger partial charge < -0.3 is 30.8 Å². The number of carboxylic acid groups (broad SMARTS) is 1. The summed E-state index contributed by atoms with van der Waals surface area (Å²) in [6, 6.07) is 2.92. The number of amides is 2. The predicted octanol–water partition coefficient (Wildman–Crippen LogP) is 0.553. The zero-order valence-corrected chi connectivity index (χ0v) is 18.9. The van der Waals surface area contributed by atoms with Crippen LogP contribution in [0.5, 0.6) is 0 Å². The van der Waals surface area contributed by atoms with Gasteiger partial charge in [-0.3, -0.25) is 14.4 Å². The van der Waals surface area contributed by atoms with Gasteiger partial charge in [0, 0.05) is 11.0 Å². The van der Waals surface area contributed by atoms with Crippen LogP contribution in [0.15, 0.2) is 18.2 Å². The first-order valence-electron chi connectivity index (χ1n) is 10.5. The highest BCUT2D eigenvalue weighted by Crippen LogP contribution is 2.36. The second-order valence-corrected chi connectivity index (χ2v) is 8.75. The average Bonchev–Trinajstić information content (AvgIpc) is 2.92. The fraction of sp³-hybridized carbons (Fsp3) is 0.571. The topological polar surface area (TPSA) is 140 Å². The first-order valence-corrected chi connectivity index (χ1v) is 10.5. The van der Waals surface area contributed by atoms with Crippen molar-refractivity contribution < 1.29 is 33.2 Å². The number of rotatable bonds is 10. The van der Waals surface area contributed by atoms with Gasteiger partial charge in [0.1, 0.15) is 18.4 Å². The number of carboxylic acids is 1. The van der Waals surface area contributed by atoms with Gasteiger partial charge in [-0.25, -0.2) is 4.39 Å². The Hall–Kier alpha value is -2.50. The fourth-order valence-electron chi connectivity index (χ4n) is 3.12. The lowest BCUT2D eigenvalue weighted by Gasteiger charge is -2.32. The molecule has 0 unspecified atom stereocenters. The summed E-state index contributed by atoms with van der Waals surface area (Å²) in [6.45, 7) is 7.27. The number of carbonyl (C=O) groups is 3. The van der Waals surface area contributed by atoms with Crippen LogP contribution in [0.4, 0.5) is 4.39 Å². The summed E-state index contributed by atoms with van der Waals surface area (Å²) in [5.41, 5.74) is 4.37. The summed E-state index contributed by atoms with van der Waals surface area (Å²) in [5.74, 6) is -3.17. The molecule has 5 N–H and O–H groups in total. The highest BCUT2D eigenvalue weighted by atomic mass is 19.1. The number of halogens is 1. The van der Waals surface area contributed by atoms with E-state index < -0.39 is 54.5 Å². The Morgan fingerprint density at radius 2 is 1.78 bits per heavy atom. The molecular weight excluding hydrogens is 420 g/mol. The summed E-state index contributed by atoms with van der Waals surface area (Å²) in [6.07, 6.45) is 1.45. The molecule has 0 saturated carbocycles. The first kappa shape index (κ1) is 25.8. The minimum Gasteiger partial charge on any atom is -0.480 e. The highest BCUT2D eigenvalue weighted by molar-refractivity contribution is 6.62. The summed E-state index contributed by atoms with van der Waals surface area (Å²) < 4.78 is 26.5. The van der Waals surface area contributed by atoms with Crippen LogP contribution in [0, 0.1) is 5.82 Å². The molecule has 1 fully saturated rings. The quantitative estimate of drug-likeness (QED) is 0.301. The molecule has 0 bridgehead atoms. The van der Waals surface area contributed by atoms with Crippen molar-refractivity contribution in [3.8, 4) is 0 Å². The average molecular weight is 451 g/mol. The monoisotopic (exact) mass is 451 g/mol. The molecule has 32 heavy (non-hydrogen) atoms. The zero-order chi connectivity index (χ0) is 24.1. The number of carbonyl (C=O) groups excluding carboxylic acids is 2. The minimum atomic E-state index is -1.20. The Morgan fingerprint density at radius 1 is 1.16 bits per heavy atom. The number of unbranched alkanes of at least 4 members (excludes halogenated alkanes) is 1. The molecule has 2 amide bonds. The maximum atomic E-state index is 14.8. The molecular formula is C21H31BFN3O6. The molecule has 1 aromatic rings. The number of hydrogen-bond donors (Lipinski definition) is 4. The molecule has 1 heterocycles.